The lowest BCUT2D eigenvalue weighted by molar-refractivity contribution is 0.387. The van der Waals surface area contributed by atoms with Crippen LogP contribution in [0.4, 0.5) is 5.82 Å². The van der Waals surface area contributed by atoms with E-state index in [0.29, 0.717) is 17.6 Å². The minimum absolute atomic E-state index is 0.550. The number of nitrogens with zero attached hydrogens (tertiary/aromatic N) is 2. The predicted octanol–water partition coefficient (Wildman–Crippen LogP) is 3.83. The van der Waals surface area contributed by atoms with E-state index in [-0.39, 0.29) is 0 Å². The van der Waals surface area contributed by atoms with Crippen LogP contribution in [-0.4, -0.2) is 32.3 Å². The molecule has 2 aromatic rings. The van der Waals surface area contributed by atoms with E-state index in [2.05, 4.69) is 48.0 Å². The topological polar surface area (TPSA) is 34.6 Å². The van der Waals surface area contributed by atoms with Gasteiger partial charge in [0, 0.05) is 25.1 Å². The van der Waals surface area contributed by atoms with Crippen LogP contribution >= 0.6 is 0 Å². The van der Waals surface area contributed by atoms with Crippen LogP contribution in [0.25, 0.3) is 0 Å². The molecule has 0 unspecified atom stereocenters. The summed E-state index contributed by atoms with van der Waals surface area (Å²) in [6.07, 6.45) is 1.74. The number of aromatic nitrogens is 1. The van der Waals surface area contributed by atoms with E-state index in [4.69, 9.17) is 9.47 Å². The summed E-state index contributed by atoms with van der Waals surface area (Å²) in [6, 6.07) is 10.7. The summed E-state index contributed by atoms with van der Waals surface area (Å²) in [5.74, 6) is 3.48. The fraction of sp³-hybridized carbons (Fsp3) is 0.421. The lowest BCUT2D eigenvalue weighted by Gasteiger charge is -2.42. The second kappa shape index (κ2) is 6.49. The van der Waals surface area contributed by atoms with Crippen LogP contribution < -0.4 is 14.4 Å². The molecule has 0 radical (unpaired) electrons. The van der Waals surface area contributed by atoms with Crippen molar-refractivity contribution in [2.75, 3.05) is 32.2 Å². The quantitative estimate of drug-likeness (QED) is 0.840. The van der Waals surface area contributed by atoms with Crippen LogP contribution in [0, 0.1) is 0 Å². The zero-order valence-corrected chi connectivity index (χ0v) is 14.2. The molecular weight excluding hydrogens is 288 g/mol. The highest BCUT2D eigenvalue weighted by Gasteiger charge is 2.32. The minimum atomic E-state index is 0.550. The fourth-order valence-electron chi connectivity index (χ4n) is 3.18. The van der Waals surface area contributed by atoms with Crippen molar-refractivity contribution in [3.63, 3.8) is 0 Å². The molecule has 0 aliphatic carbocycles. The molecular formula is C19H24N2O2. The highest BCUT2D eigenvalue weighted by atomic mass is 16.5. The maximum Gasteiger partial charge on any atom is 0.171 e. The first-order valence-electron chi connectivity index (χ1n) is 8.05. The van der Waals surface area contributed by atoms with Crippen molar-refractivity contribution in [2.45, 2.75) is 25.7 Å². The molecule has 1 saturated heterocycles. The number of methoxy groups -OCH3 is 2. The maximum absolute atomic E-state index is 5.46. The van der Waals surface area contributed by atoms with Crippen molar-refractivity contribution in [3.8, 4) is 11.5 Å². The van der Waals surface area contributed by atoms with Crippen molar-refractivity contribution < 1.29 is 9.47 Å². The molecule has 122 valence electrons. The number of hydrogen-bond donors (Lipinski definition) is 0. The monoisotopic (exact) mass is 312 g/mol. The normalized spacial score (nSPS) is 14.7. The molecule has 4 nitrogen and oxygen atoms in total. The van der Waals surface area contributed by atoms with Gasteiger partial charge in [-0.25, -0.2) is 4.98 Å². The molecule has 1 aliphatic rings. The van der Waals surface area contributed by atoms with Gasteiger partial charge in [-0.1, -0.05) is 38.1 Å². The van der Waals surface area contributed by atoms with Gasteiger partial charge < -0.3 is 14.4 Å². The van der Waals surface area contributed by atoms with Crippen molar-refractivity contribution in [1.29, 1.82) is 0 Å². The Hall–Kier alpha value is -2.23. The summed E-state index contributed by atoms with van der Waals surface area (Å²) in [5, 5.41) is 0. The van der Waals surface area contributed by atoms with Gasteiger partial charge in [0.25, 0.3) is 0 Å². The van der Waals surface area contributed by atoms with Crippen LogP contribution in [0.2, 0.25) is 0 Å². The molecule has 0 N–H and O–H groups in total. The van der Waals surface area contributed by atoms with Crippen LogP contribution in [0.5, 0.6) is 11.5 Å². The number of ether oxygens (including phenoxy) is 2. The van der Waals surface area contributed by atoms with E-state index in [1.54, 1.807) is 20.4 Å². The second-order valence-electron chi connectivity index (χ2n) is 6.29. The van der Waals surface area contributed by atoms with E-state index >= 15 is 0 Å². The Labute approximate surface area is 138 Å². The number of pyridine rings is 1. The van der Waals surface area contributed by atoms with E-state index in [1.807, 2.05) is 6.07 Å². The van der Waals surface area contributed by atoms with E-state index in [0.717, 1.165) is 24.7 Å². The molecule has 2 heterocycles. The largest absolute Gasteiger partial charge is 0.495 e. The van der Waals surface area contributed by atoms with Gasteiger partial charge >= 0.3 is 0 Å². The predicted molar refractivity (Wildman–Crippen MR) is 92.8 cm³/mol. The minimum Gasteiger partial charge on any atom is -0.495 e. The first-order chi connectivity index (χ1) is 11.1. The van der Waals surface area contributed by atoms with Gasteiger partial charge in [0.1, 0.15) is 5.75 Å². The summed E-state index contributed by atoms with van der Waals surface area (Å²) in [4.78, 5) is 6.77. The zero-order chi connectivity index (χ0) is 16.4. The molecule has 1 fully saturated rings. The molecule has 1 aliphatic heterocycles. The molecule has 0 atom stereocenters. The Kier molecular flexibility index (Phi) is 4.42. The van der Waals surface area contributed by atoms with Crippen molar-refractivity contribution >= 4 is 5.82 Å². The smallest absolute Gasteiger partial charge is 0.171 e. The van der Waals surface area contributed by atoms with Crippen molar-refractivity contribution in [2.24, 2.45) is 0 Å². The van der Waals surface area contributed by atoms with Gasteiger partial charge in [0.05, 0.1) is 20.4 Å². The Morgan fingerprint density at radius 3 is 2.52 bits per heavy atom. The summed E-state index contributed by atoms with van der Waals surface area (Å²) in [5.41, 5.74) is 2.91. The highest BCUT2D eigenvalue weighted by Crippen LogP contribution is 2.38. The Balaban J connectivity index is 1.77. The average Bonchev–Trinajstić information content (AvgIpc) is 2.54. The first-order valence-corrected chi connectivity index (χ1v) is 8.05. The number of anilines is 1. The average molecular weight is 312 g/mol. The van der Waals surface area contributed by atoms with Crippen LogP contribution in [0.1, 0.15) is 36.8 Å². The highest BCUT2D eigenvalue weighted by molar-refractivity contribution is 5.58. The van der Waals surface area contributed by atoms with Gasteiger partial charge in [-0.05, 0) is 17.0 Å². The van der Waals surface area contributed by atoms with Crippen LogP contribution in [0.15, 0.2) is 36.5 Å². The third kappa shape index (κ3) is 2.98. The summed E-state index contributed by atoms with van der Waals surface area (Å²) < 4.78 is 10.7. The Morgan fingerprint density at radius 2 is 1.87 bits per heavy atom. The van der Waals surface area contributed by atoms with Gasteiger partial charge in [0.2, 0.25) is 0 Å². The summed E-state index contributed by atoms with van der Waals surface area (Å²) in [7, 11) is 3.31. The molecule has 0 spiro atoms. The number of hydrogen-bond acceptors (Lipinski definition) is 4. The first kappa shape index (κ1) is 15.7. The molecule has 0 bridgehead atoms. The standard InChI is InChI=1S/C19H24N2O2/c1-13(2)16-7-5-6-8-17(16)14-11-21(12-14)19-18(23-4)9-15(22-3)10-20-19/h5-10,13-14H,11-12H2,1-4H3. The van der Waals surface area contributed by atoms with Gasteiger partial charge in [-0.2, -0.15) is 0 Å². The lowest BCUT2D eigenvalue weighted by Crippen LogP contribution is -2.46. The lowest BCUT2D eigenvalue weighted by atomic mass is 9.84. The van der Waals surface area contributed by atoms with Gasteiger partial charge in [-0.15, -0.1) is 0 Å². The number of benzene rings is 1. The van der Waals surface area contributed by atoms with Crippen molar-refractivity contribution in [3.05, 3.63) is 47.7 Å². The van der Waals surface area contributed by atoms with Crippen molar-refractivity contribution in [1.82, 2.24) is 4.98 Å². The van der Waals surface area contributed by atoms with E-state index in [9.17, 15) is 0 Å². The maximum atomic E-state index is 5.46. The summed E-state index contributed by atoms with van der Waals surface area (Å²) >= 11 is 0. The molecule has 1 aromatic carbocycles. The Bertz CT molecular complexity index is 679. The fourth-order valence-corrected chi connectivity index (χ4v) is 3.18. The van der Waals surface area contributed by atoms with E-state index < -0.39 is 0 Å². The molecule has 4 heteroatoms. The Morgan fingerprint density at radius 1 is 1.13 bits per heavy atom. The summed E-state index contributed by atoms with van der Waals surface area (Å²) in [6.45, 7) is 6.45. The van der Waals surface area contributed by atoms with Gasteiger partial charge in [0.15, 0.2) is 11.6 Å². The van der Waals surface area contributed by atoms with Gasteiger partial charge in [-0.3, -0.25) is 0 Å². The molecule has 0 amide bonds. The third-order valence-corrected chi connectivity index (χ3v) is 4.50. The molecule has 1 aromatic heterocycles. The van der Waals surface area contributed by atoms with E-state index in [1.165, 1.54) is 11.1 Å². The third-order valence-electron chi connectivity index (χ3n) is 4.50. The van der Waals surface area contributed by atoms with Crippen LogP contribution in [-0.2, 0) is 0 Å². The van der Waals surface area contributed by atoms with Crippen LogP contribution in [0.3, 0.4) is 0 Å². The molecule has 0 saturated carbocycles. The zero-order valence-electron chi connectivity index (χ0n) is 14.2. The SMILES string of the molecule is COc1cnc(N2CC(c3ccccc3C(C)C)C2)c(OC)c1. The molecule has 3 rings (SSSR count). The second-order valence-corrected chi connectivity index (χ2v) is 6.29. The molecule has 23 heavy (non-hydrogen) atoms. The number of rotatable bonds is 5.